The molecule has 0 fully saturated rings. The Kier molecular flexibility index (Phi) is 12.9. The number of hydrogen-bond donors (Lipinski definition) is 2. The molecule has 0 unspecified atom stereocenters. The van der Waals surface area contributed by atoms with E-state index in [0.717, 1.165) is 0 Å². The molecule has 0 atom stereocenters. The van der Waals surface area contributed by atoms with E-state index in [-0.39, 0.29) is 6.29 Å². The van der Waals surface area contributed by atoms with Gasteiger partial charge in [0, 0.05) is 0 Å². The lowest BCUT2D eigenvalue weighted by atomic mass is 10.7. The van der Waals surface area contributed by atoms with Crippen molar-refractivity contribution in [3.63, 3.8) is 0 Å². The Bertz CT molecular complexity index is 94.9. The van der Waals surface area contributed by atoms with Crippen LogP contribution < -0.4 is 10.8 Å². The van der Waals surface area contributed by atoms with E-state index in [0.29, 0.717) is 0 Å². The zero-order valence-electron chi connectivity index (χ0n) is 6.30. The van der Waals surface area contributed by atoms with Gasteiger partial charge in [-0.2, -0.15) is 0 Å². The number of nitrogens with one attached hydrogen (secondary N) is 2. The van der Waals surface area contributed by atoms with E-state index in [1.54, 1.807) is 5.48 Å². The quantitative estimate of drug-likeness (QED) is 0.290. The van der Waals surface area contributed by atoms with Gasteiger partial charge < -0.3 is 5.32 Å². The van der Waals surface area contributed by atoms with Crippen molar-refractivity contribution in [1.82, 2.24) is 10.8 Å². The molecular weight excluding hydrogens is 136 g/mol. The molecule has 0 heterocycles. The van der Waals surface area contributed by atoms with Gasteiger partial charge in [-0.15, -0.1) is 0 Å². The van der Waals surface area contributed by atoms with Crippen molar-refractivity contribution in [2.24, 2.45) is 0 Å². The second-order valence-electron chi connectivity index (χ2n) is 1.29. The summed E-state index contributed by atoms with van der Waals surface area (Å²) in [5.74, 6) is -0.775. The molecule has 0 aromatic rings. The molecule has 0 saturated carbocycles. The number of rotatable bonds is 2. The van der Waals surface area contributed by atoms with Crippen LogP contribution in [0.5, 0.6) is 0 Å². The number of carbonyl (C=O) groups excluding carboxylic acids is 2. The molecule has 0 aliphatic heterocycles. The number of aldehydes is 1. The van der Waals surface area contributed by atoms with E-state index in [1.165, 1.54) is 7.11 Å². The van der Waals surface area contributed by atoms with Gasteiger partial charge in [0.25, 0.3) is 0 Å². The molecule has 60 valence electrons. The summed E-state index contributed by atoms with van der Waals surface area (Å²) in [5.41, 5.74) is 1.79. The maximum atomic E-state index is 9.81. The van der Waals surface area contributed by atoms with Crippen LogP contribution in [0, 0.1) is 0 Å². The predicted octanol–water partition coefficient (Wildman–Crippen LogP) is -1.30. The van der Waals surface area contributed by atoms with Crippen LogP contribution in [0.1, 0.15) is 0 Å². The first-order valence-corrected chi connectivity index (χ1v) is 2.59. The number of hydroxylamine groups is 1. The van der Waals surface area contributed by atoms with Gasteiger partial charge in [0.2, 0.25) is 6.29 Å². The van der Waals surface area contributed by atoms with E-state index in [9.17, 15) is 9.59 Å². The Morgan fingerprint density at radius 1 is 1.50 bits per heavy atom. The first-order valence-electron chi connectivity index (χ1n) is 2.59. The fourth-order valence-electron chi connectivity index (χ4n) is 0.125. The number of hydrogen-bond acceptors (Lipinski definition) is 4. The Labute approximate surface area is 59.7 Å². The lowest BCUT2D eigenvalue weighted by Crippen LogP contribution is -2.22. The lowest BCUT2D eigenvalue weighted by Gasteiger charge is -1.89. The van der Waals surface area contributed by atoms with Crippen LogP contribution in [0.3, 0.4) is 0 Å². The minimum absolute atomic E-state index is 0.128. The highest BCUT2D eigenvalue weighted by molar-refractivity contribution is 6.23. The molecule has 0 aromatic carbocycles. The van der Waals surface area contributed by atoms with Gasteiger partial charge in [-0.3, -0.25) is 14.4 Å². The van der Waals surface area contributed by atoms with Crippen LogP contribution in [0.4, 0.5) is 0 Å². The molecule has 0 aliphatic rings. The SMILES string of the molecule is CNC.CONC(=O)C=O. The van der Waals surface area contributed by atoms with Gasteiger partial charge in [-0.25, -0.2) is 5.48 Å². The van der Waals surface area contributed by atoms with Crippen LogP contribution in [0.2, 0.25) is 0 Å². The summed E-state index contributed by atoms with van der Waals surface area (Å²) in [6.07, 6.45) is 0.128. The van der Waals surface area contributed by atoms with Crippen molar-refractivity contribution in [3.05, 3.63) is 0 Å². The molecule has 5 nitrogen and oxygen atoms in total. The minimum atomic E-state index is -0.775. The van der Waals surface area contributed by atoms with Crippen molar-refractivity contribution in [2.75, 3.05) is 21.2 Å². The average molecular weight is 148 g/mol. The zero-order chi connectivity index (χ0) is 8.41. The van der Waals surface area contributed by atoms with Gasteiger partial charge in [-0.1, -0.05) is 0 Å². The van der Waals surface area contributed by atoms with Gasteiger partial charge in [0.05, 0.1) is 7.11 Å². The standard InChI is InChI=1S/C3H5NO3.C2H7N/c1-7-4-3(6)2-5;1-3-2/h2H,1H3,(H,4,6);3H,1-2H3. The first-order chi connectivity index (χ1) is 4.72. The van der Waals surface area contributed by atoms with Gasteiger partial charge in [0.15, 0.2) is 0 Å². The fraction of sp³-hybridized carbons (Fsp3) is 0.600. The van der Waals surface area contributed by atoms with Crippen molar-refractivity contribution in [1.29, 1.82) is 0 Å². The van der Waals surface area contributed by atoms with E-state index < -0.39 is 5.91 Å². The molecule has 0 radical (unpaired) electrons. The normalized spacial score (nSPS) is 7.10. The van der Waals surface area contributed by atoms with E-state index in [1.807, 2.05) is 14.1 Å². The zero-order valence-corrected chi connectivity index (χ0v) is 6.30. The molecule has 10 heavy (non-hydrogen) atoms. The summed E-state index contributed by atoms with van der Waals surface area (Å²) in [6.45, 7) is 0. The van der Waals surface area contributed by atoms with Crippen molar-refractivity contribution in [3.8, 4) is 0 Å². The van der Waals surface area contributed by atoms with Crippen LogP contribution in [0.25, 0.3) is 0 Å². The van der Waals surface area contributed by atoms with E-state index in [4.69, 9.17) is 0 Å². The molecule has 5 heteroatoms. The summed E-state index contributed by atoms with van der Waals surface area (Å²) < 4.78 is 0. The van der Waals surface area contributed by atoms with E-state index in [2.05, 4.69) is 10.2 Å². The Hall–Kier alpha value is -0.940. The monoisotopic (exact) mass is 148 g/mol. The maximum absolute atomic E-state index is 9.81. The smallest absolute Gasteiger partial charge is 0.307 e. The third kappa shape index (κ3) is 15.7. The molecule has 0 rings (SSSR count). The third-order valence-corrected chi connectivity index (χ3v) is 0.310. The molecule has 2 N–H and O–H groups in total. The summed E-state index contributed by atoms with van der Waals surface area (Å²) in [4.78, 5) is 23.3. The second kappa shape index (κ2) is 10.9. The molecule has 1 amide bonds. The highest BCUT2D eigenvalue weighted by atomic mass is 16.6. The second-order valence-corrected chi connectivity index (χ2v) is 1.29. The van der Waals surface area contributed by atoms with Crippen LogP contribution >= 0.6 is 0 Å². The maximum Gasteiger partial charge on any atom is 0.307 e. The number of amides is 1. The van der Waals surface area contributed by atoms with Gasteiger partial charge >= 0.3 is 5.91 Å². The van der Waals surface area contributed by atoms with Gasteiger partial charge in [-0.05, 0) is 14.1 Å². The molecule has 0 bridgehead atoms. The van der Waals surface area contributed by atoms with E-state index >= 15 is 0 Å². The summed E-state index contributed by atoms with van der Waals surface area (Å²) in [7, 11) is 5.00. The highest BCUT2D eigenvalue weighted by Crippen LogP contribution is 1.52. The van der Waals surface area contributed by atoms with Crippen LogP contribution in [-0.4, -0.2) is 33.4 Å². The average Bonchev–Trinajstić information content (AvgIpc) is 1.90. The molecule has 0 aromatic heterocycles. The summed E-state index contributed by atoms with van der Waals surface area (Å²) in [5, 5.41) is 2.75. The molecular formula is C5H12N2O3. The van der Waals surface area contributed by atoms with Crippen molar-refractivity contribution < 1.29 is 14.4 Å². The van der Waals surface area contributed by atoms with Gasteiger partial charge in [0.1, 0.15) is 0 Å². The predicted molar refractivity (Wildman–Crippen MR) is 36.2 cm³/mol. The fourth-order valence-corrected chi connectivity index (χ4v) is 0.125. The molecule has 0 aliphatic carbocycles. The largest absolute Gasteiger partial charge is 0.323 e. The summed E-state index contributed by atoms with van der Waals surface area (Å²) in [6, 6.07) is 0. The third-order valence-electron chi connectivity index (χ3n) is 0.310. The Morgan fingerprint density at radius 3 is 2.00 bits per heavy atom. The lowest BCUT2D eigenvalue weighted by molar-refractivity contribution is -0.138. The van der Waals surface area contributed by atoms with Crippen LogP contribution in [0.15, 0.2) is 0 Å². The highest BCUT2D eigenvalue weighted by Gasteiger charge is 1.89. The topological polar surface area (TPSA) is 67.4 Å². The Balaban J connectivity index is 0. The van der Waals surface area contributed by atoms with Crippen molar-refractivity contribution in [2.45, 2.75) is 0 Å². The number of carbonyl (C=O) groups is 2. The first kappa shape index (κ1) is 11.8. The molecule has 0 saturated heterocycles. The summed E-state index contributed by atoms with van der Waals surface area (Å²) >= 11 is 0. The van der Waals surface area contributed by atoms with Crippen LogP contribution in [-0.2, 0) is 14.4 Å². The Morgan fingerprint density at radius 2 is 1.90 bits per heavy atom. The van der Waals surface area contributed by atoms with Crippen molar-refractivity contribution >= 4 is 12.2 Å². The minimum Gasteiger partial charge on any atom is -0.323 e. The molecule has 0 spiro atoms.